The molecule has 1 aliphatic heterocycles. The third kappa shape index (κ3) is 3.84. The number of aliphatic carboxylic acids is 1. The van der Waals surface area contributed by atoms with Crippen molar-refractivity contribution in [1.82, 2.24) is 0 Å². The molecule has 0 radical (unpaired) electrons. The summed E-state index contributed by atoms with van der Waals surface area (Å²) >= 11 is 0. The summed E-state index contributed by atoms with van der Waals surface area (Å²) in [5, 5.41) is 11.3. The van der Waals surface area contributed by atoms with Crippen LogP contribution in [-0.4, -0.2) is 29.8 Å². The van der Waals surface area contributed by atoms with Crippen molar-refractivity contribution in [3.05, 3.63) is 29.6 Å². The summed E-state index contributed by atoms with van der Waals surface area (Å²) in [5.74, 6) is -1.89. The summed E-state index contributed by atoms with van der Waals surface area (Å²) in [5.41, 5.74) is -1.24. The lowest BCUT2D eigenvalue weighted by Gasteiger charge is -2.15. The lowest BCUT2D eigenvalue weighted by Crippen LogP contribution is -2.24. The highest BCUT2D eigenvalue weighted by Gasteiger charge is 2.32. The highest BCUT2D eigenvalue weighted by Crippen LogP contribution is 2.32. The molecule has 2 N–H and O–H groups in total. The Morgan fingerprint density at radius 2 is 2.10 bits per heavy atom. The Hall–Kier alpha value is -1.83. The first-order valence-electron chi connectivity index (χ1n) is 6.26. The second-order valence-electron chi connectivity index (χ2n) is 4.74. The van der Waals surface area contributed by atoms with Gasteiger partial charge >= 0.3 is 12.1 Å². The van der Waals surface area contributed by atoms with E-state index in [-0.39, 0.29) is 12.2 Å². The zero-order valence-electron chi connectivity index (χ0n) is 10.8. The van der Waals surface area contributed by atoms with Crippen LogP contribution in [0, 0.1) is 5.82 Å². The first-order valence-corrected chi connectivity index (χ1v) is 6.26. The van der Waals surface area contributed by atoms with Gasteiger partial charge in [-0.3, -0.25) is 0 Å². The van der Waals surface area contributed by atoms with E-state index in [0.29, 0.717) is 25.0 Å². The molecule has 8 heteroatoms. The van der Waals surface area contributed by atoms with E-state index in [1.54, 1.807) is 0 Å². The topological polar surface area (TPSA) is 58.6 Å². The van der Waals surface area contributed by atoms with E-state index >= 15 is 0 Å². The summed E-state index contributed by atoms with van der Waals surface area (Å²) < 4.78 is 56.3. The minimum absolute atomic E-state index is 0.0437. The van der Waals surface area contributed by atoms with Crippen molar-refractivity contribution in [1.29, 1.82) is 0 Å². The van der Waals surface area contributed by atoms with Gasteiger partial charge in [0.25, 0.3) is 0 Å². The minimum Gasteiger partial charge on any atom is -0.479 e. The van der Waals surface area contributed by atoms with Crippen molar-refractivity contribution < 1.29 is 32.2 Å². The van der Waals surface area contributed by atoms with Crippen LogP contribution in [0.5, 0.6) is 0 Å². The maximum atomic E-state index is 13.5. The number of benzene rings is 1. The number of halogens is 4. The fourth-order valence-electron chi connectivity index (χ4n) is 2.10. The average Bonchev–Trinajstić information content (AvgIpc) is 2.85. The Morgan fingerprint density at radius 1 is 1.38 bits per heavy atom. The van der Waals surface area contributed by atoms with Gasteiger partial charge in [-0.2, -0.15) is 13.2 Å². The molecule has 1 aliphatic rings. The quantitative estimate of drug-likeness (QED) is 0.840. The van der Waals surface area contributed by atoms with Crippen molar-refractivity contribution in [2.24, 2.45) is 0 Å². The van der Waals surface area contributed by atoms with E-state index in [9.17, 15) is 22.4 Å². The average molecular weight is 307 g/mol. The third-order valence-electron chi connectivity index (χ3n) is 3.20. The molecule has 1 saturated heterocycles. The van der Waals surface area contributed by atoms with E-state index in [1.807, 2.05) is 0 Å². The number of rotatable bonds is 4. The first kappa shape index (κ1) is 15.6. The molecule has 1 aromatic carbocycles. The fourth-order valence-corrected chi connectivity index (χ4v) is 2.10. The zero-order valence-corrected chi connectivity index (χ0v) is 10.8. The van der Waals surface area contributed by atoms with Crippen LogP contribution in [0.3, 0.4) is 0 Å². The zero-order chi connectivity index (χ0) is 15.6. The number of hydrogen-bond donors (Lipinski definition) is 2. The molecular weight excluding hydrogens is 294 g/mol. The second-order valence-corrected chi connectivity index (χ2v) is 4.74. The SMILES string of the molecule is O=C(O)C1CCC(CNc2cc(C(F)(F)F)ccc2F)O1. The third-order valence-corrected chi connectivity index (χ3v) is 3.20. The van der Waals surface area contributed by atoms with Crippen molar-refractivity contribution in [2.75, 3.05) is 11.9 Å². The van der Waals surface area contributed by atoms with Crippen molar-refractivity contribution in [3.63, 3.8) is 0 Å². The summed E-state index contributed by atoms with van der Waals surface area (Å²) in [7, 11) is 0. The maximum absolute atomic E-state index is 13.5. The van der Waals surface area contributed by atoms with Gasteiger partial charge in [0.15, 0.2) is 6.10 Å². The molecule has 2 unspecified atom stereocenters. The number of nitrogens with one attached hydrogen (secondary N) is 1. The Bertz CT molecular complexity index is 533. The van der Waals surface area contributed by atoms with Crippen LogP contribution in [0.2, 0.25) is 0 Å². The van der Waals surface area contributed by atoms with E-state index in [4.69, 9.17) is 9.84 Å². The predicted molar refractivity (Wildman–Crippen MR) is 65.4 cm³/mol. The van der Waals surface area contributed by atoms with Gasteiger partial charge in [-0.05, 0) is 31.0 Å². The molecule has 1 fully saturated rings. The highest BCUT2D eigenvalue weighted by molar-refractivity contribution is 5.72. The van der Waals surface area contributed by atoms with E-state index in [2.05, 4.69) is 5.32 Å². The van der Waals surface area contributed by atoms with Crippen molar-refractivity contribution in [2.45, 2.75) is 31.2 Å². The molecule has 1 heterocycles. The Morgan fingerprint density at radius 3 is 2.67 bits per heavy atom. The van der Waals surface area contributed by atoms with E-state index in [0.717, 1.165) is 6.07 Å². The Kier molecular flexibility index (Phi) is 4.36. The van der Waals surface area contributed by atoms with Gasteiger partial charge in [-0.1, -0.05) is 0 Å². The molecule has 0 saturated carbocycles. The molecule has 2 rings (SSSR count). The van der Waals surface area contributed by atoms with E-state index in [1.165, 1.54) is 0 Å². The molecule has 116 valence electrons. The number of carbonyl (C=O) groups is 1. The van der Waals surface area contributed by atoms with Crippen molar-refractivity contribution in [3.8, 4) is 0 Å². The largest absolute Gasteiger partial charge is 0.479 e. The van der Waals surface area contributed by atoms with Gasteiger partial charge < -0.3 is 15.2 Å². The van der Waals surface area contributed by atoms with Gasteiger partial charge in [0, 0.05) is 6.54 Å². The summed E-state index contributed by atoms with van der Waals surface area (Å²) in [4.78, 5) is 10.7. The van der Waals surface area contributed by atoms with Crippen LogP contribution in [0.15, 0.2) is 18.2 Å². The summed E-state index contributed by atoms with van der Waals surface area (Å²) in [6.07, 6.45) is -5.16. The molecule has 0 aromatic heterocycles. The molecular formula is C13H13F4NO3. The van der Waals surface area contributed by atoms with Crippen molar-refractivity contribution >= 4 is 11.7 Å². The number of hydrogen-bond acceptors (Lipinski definition) is 3. The Labute approximate surface area is 117 Å². The number of ether oxygens (including phenoxy) is 1. The van der Waals surface area contributed by atoms with Gasteiger partial charge in [0.2, 0.25) is 0 Å². The second kappa shape index (κ2) is 5.88. The van der Waals surface area contributed by atoms with Crippen LogP contribution >= 0.6 is 0 Å². The molecule has 4 nitrogen and oxygen atoms in total. The predicted octanol–water partition coefficient (Wildman–Crippen LogP) is 2.89. The molecule has 21 heavy (non-hydrogen) atoms. The monoisotopic (exact) mass is 307 g/mol. The van der Waals surface area contributed by atoms with Gasteiger partial charge in [0.05, 0.1) is 17.4 Å². The van der Waals surface area contributed by atoms with Gasteiger partial charge in [-0.25, -0.2) is 9.18 Å². The van der Waals surface area contributed by atoms with Crippen LogP contribution in [0.1, 0.15) is 18.4 Å². The number of carboxylic acids is 1. The van der Waals surface area contributed by atoms with Crippen LogP contribution in [0.25, 0.3) is 0 Å². The lowest BCUT2D eigenvalue weighted by atomic mass is 10.1. The molecule has 0 spiro atoms. The van der Waals surface area contributed by atoms with Gasteiger partial charge in [0.1, 0.15) is 5.82 Å². The fraction of sp³-hybridized carbons (Fsp3) is 0.462. The Balaban J connectivity index is 1.99. The molecule has 0 amide bonds. The molecule has 2 atom stereocenters. The molecule has 0 bridgehead atoms. The standard InChI is InChI=1S/C13H13F4NO3/c14-9-3-1-7(13(15,16)17)5-10(9)18-6-8-2-4-11(21-8)12(19)20/h1,3,5,8,11,18H,2,4,6H2,(H,19,20). The minimum atomic E-state index is -4.55. The van der Waals surface area contributed by atoms with E-state index < -0.39 is 35.7 Å². The first-order chi connectivity index (χ1) is 9.77. The lowest BCUT2D eigenvalue weighted by molar-refractivity contribution is -0.149. The smallest absolute Gasteiger partial charge is 0.416 e. The number of anilines is 1. The van der Waals surface area contributed by atoms with Crippen LogP contribution < -0.4 is 5.32 Å². The van der Waals surface area contributed by atoms with Gasteiger partial charge in [-0.15, -0.1) is 0 Å². The summed E-state index contributed by atoms with van der Waals surface area (Å²) in [6.45, 7) is 0.0437. The highest BCUT2D eigenvalue weighted by atomic mass is 19.4. The van der Waals surface area contributed by atoms with Crippen LogP contribution in [0.4, 0.5) is 23.2 Å². The number of alkyl halides is 3. The molecule has 0 aliphatic carbocycles. The maximum Gasteiger partial charge on any atom is 0.416 e. The van der Waals surface area contributed by atoms with Crippen LogP contribution in [-0.2, 0) is 15.7 Å². The molecule has 1 aromatic rings. The normalized spacial score (nSPS) is 22.3. The number of carboxylic acid groups (broad SMARTS) is 1. The summed E-state index contributed by atoms with van der Waals surface area (Å²) in [6, 6.07) is 2.08.